The first-order chi connectivity index (χ1) is 7.97. The average Bonchev–Trinajstić information content (AvgIpc) is 2.63. The van der Waals surface area contributed by atoms with Crippen molar-refractivity contribution < 1.29 is 0 Å². The molecule has 4 unspecified atom stereocenters. The van der Waals surface area contributed by atoms with Gasteiger partial charge in [0.05, 0.1) is 0 Å². The maximum Gasteiger partial charge on any atom is 0.0103 e. The van der Waals surface area contributed by atoms with Crippen LogP contribution in [0.5, 0.6) is 0 Å². The van der Waals surface area contributed by atoms with Crippen LogP contribution < -0.4 is 5.32 Å². The Morgan fingerprint density at radius 3 is 2.24 bits per heavy atom. The van der Waals surface area contributed by atoms with Gasteiger partial charge in [-0.25, -0.2) is 0 Å². The van der Waals surface area contributed by atoms with Gasteiger partial charge in [-0.3, -0.25) is 0 Å². The van der Waals surface area contributed by atoms with Crippen molar-refractivity contribution in [2.24, 2.45) is 17.3 Å². The molecule has 2 aliphatic rings. The molecule has 0 saturated heterocycles. The molecule has 2 saturated carbocycles. The van der Waals surface area contributed by atoms with Gasteiger partial charge in [0, 0.05) is 12.1 Å². The lowest BCUT2D eigenvalue weighted by atomic mass is 9.69. The minimum atomic E-state index is 0.475. The predicted molar refractivity (Wildman–Crippen MR) is 75.1 cm³/mol. The molecule has 0 aromatic rings. The largest absolute Gasteiger partial charge is 0.311 e. The van der Waals surface area contributed by atoms with Gasteiger partial charge in [-0.1, -0.05) is 40.5 Å². The molecule has 0 heterocycles. The Morgan fingerprint density at radius 1 is 0.941 bits per heavy atom. The molecule has 0 amide bonds. The second kappa shape index (κ2) is 5.30. The number of hydrogen-bond donors (Lipinski definition) is 1. The maximum absolute atomic E-state index is 4.00. The zero-order chi connectivity index (χ0) is 12.5. The van der Waals surface area contributed by atoms with E-state index < -0.39 is 0 Å². The van der Waals surface area contributed by atoms with E-state index in [1.165, 1.54) is 44.9 Å². The molecule has 100 valence electrons. The van der Waals surface area contributed by atoms with Crippen molar-refractivity contribution in [3.05, 3.63) is 0 Å². The number of hydrogen-bond acceptors (Lipinski definition) is 1. The Balaban J connectivity index is 1.92. The topological polar surface area (TPSA) is 12.0 Å². The van der Waals surface area contributed by atoms with E-state index in [0.717, 1.165) is 23.9 Å². The second-order valence-electron chi connectivity index (χ2n) is 7.65. The third-order valence-electron chi connectivity index (χ3n) is 5.02. The van der Waals surface area contributed by atoms with E-state index in [0.29, 0.717) is 5.41 Å². The molecule has 0 radical (unpaired) electrons. The summed E-state index contributed by atoms with van der Waals surface area (Å²) >= 11 is 0. The van der Waals surface area contributed by atoms with Crippen molar-refractivity contribution in [2.75, 3.05) is 0 Å². The van der Waals surface area contributed by atoms with Gasteiger partial charge in [0.15, 0.2) is 0 Å². The lowest BCUT2D eigenvalue weighted by molar-refractivity contribution is 0.123. The molecule has 2 fully saturated rings. The van der Waals surface area contributed by atoms with Crippen LogP contribution in [0.1, 0.15) is 72.6 Å². The highest BCUT2D eigenvalue weighted by Gasteiger charge is 2.35. The van der Waals surface area contributed by atoms with Crippen LogP contribution in [0.3, 0.4) is 0 Å². The van der Waals surface area contributed by atoms with Gasteiger partial charge in [0.2, 0.25) is 0 Å². The fraction of sp³-hybridized carbons (Fsp3) is 1.00. The highest BCUT2D eigenvalue weighted by molar-refractivity contribution is 4.91. The van der Waals surface area contributed by atoms with Crippen molar-refractivity contribution in [1.82, 2.24) is 5.32 Å². The van der Waals surface area contributed by atoms with Crippen LogP contribution in [0, 0.1) is 17.3 Å². The van der Waals surface area contributed by atoms with E-state index in [1.807, 2.05) is 0 Å². The number of nitrogens with one attached hydrogen (secondary N) is 1. The maximum atomic E-state index is 4.00. The van der Waals surface area contributed by atoms with Gasteiger partial charge in [-0.2, -0.15) is 0 Å². The van der Waals surface area contributed by atoms with Crippen molar-refractivity contribution in [2.45, 2.75) is 84.7 Å². The minimum Gasteiger partial charge on any atom is -0.311 e. The zero-order valence-electron chi connectivity index (χ0n) is 12.3. The summed E-state index contributed by atoms with van der Waals surface area (Å²) in [6.45, 7) is 9.68. The summed E-state index contributed by atoms with van der Waals surface area (Å²) in [5, 5.41) is 4.00. The molecule has 1 nitrogen and oxygen atoms in total. The lowest BCUT2D eigenvalue weighted by Crippen LogP contribution is -2.47. The first-order valence-electron chi connectivity index (χ1n) is 7.73. The van der Waals surface area contributed by atoms with Crippen molar-refractivity contribution >= 4 is 0 Å². The van der Waals surface area contributed by atoms with Gasteiger partial charge in [-0.05, 0) is 49.4 Å². The van der Waals surface area contributed by atoms with E-state index in [9.17, 15) is 0 Å². The van der Waals surface area contributed by atoms with Crippen LogP contribution in [0.25, 0.3) is 0 Å². The second-order valence-corrected chi connectivity index (χ2v) is 7.65. The molecular weight excluding hydrogens is 206 g/mol. The van der Waals surface area contributed by atoms with Crippen molar-refractivity contribution in [3.63, 3.8) is 0 Å². The van der Waals surface area contributed by atoms with Crippen LogP contribution in [-0.4, -0.2) is 12.1 Å². The van der Waals surface area contributed by atoms with Crippen LogP contribution in [0.2, 0.25) is 0 Å². The van der Waals surface area contributed by atoms with Crippen LogP contribution in [0.4, 0.5) is 0 Å². The third kappa shape index (κ3) is 3.47. The summed E-state index contributed by atoms with van der Waals surface area (Å²) in [5.74, 6) is 1.83. The first kappa shape index (κ1) is 13.4. The van der Waals surface area contributed by atoms with Gasteiger partial charge in [0.25, 0.3) is 0 Å². The normalized spacial score (nSPS) is 39.5. The molecule has 0 aliphatic heterocycles. The molecule has 2 aliphatic carbocycles. The summed E-state index contributed by atoms with van der Waals surface area (Å²) < 4.78 is 0. The summed E-state index contributed by atoms with van der Waals surface area (Å²) in [7, 11) is 0. The molecular formula is C16H31N. The molecule has 4 atom stereocenters. The highest BCUT2D eigenvalue weighted by atomic mass is 15.0. The summed E-state index contributed by atoms with van der Waals surface area (Å²) in [6.07, 6.45) is 9.98. The van der Waals surface area contributed by atoms with E-state index in [4.69, 9.17) is 0 Å². The SMILES string of the molecule is CC1CCC(NC2CCCCC2C(C)(C)C)C1. The van der Waals surface area contributed by atoms with Crippen LogP contribution >= 0.6 is 0 Å². The molecule has 0 bridgehead atoms. The van der Waals surface area contributed by atoms with Gasteiger partial charge in [-0.15, -0.1) is 0 Å². The predicted octanol–water partition coefficient (Wildman–Crippen LogP) is 4.37. The number of rotatable bonds is 2. The van der Waals surface area contributed by atoms with Crippen molar-refractivity contribution in [1.29, 1.82) is 0 Å². The van der Waals surface area contributed by atoms with E-state index in [-0.39, 0.29) is 0 Å². The standard InChI is InChI=1S/C16H31N/c1-12-9-10-13(11-12)17-15-8-6-5-7-14(15)16(2,3)4/h12-15,17H,5-11H2,1-4H3. The van der Waals surface area contributed by atoms with Gasteiger partial charge in [0.1, 0.15) is 0 Å². The molecule has 1 heteroatoms. The van der Waals surface area contributed by atoms with Crippen molar-refractivity contribution in [3.8, 4) is 0 Å². The average molecular weight is 237 g/mol. The summed E-state index contributed by atoms with van der Waals surface area (Å²) in [5.41, 5.74) is 0.475. The van der Waals surface area contributed by atoms with Crippen LogP contribution in [0.15, 0.2) is 0 Å². The van der Waals surface area contributed by atoms with E-state index in [1.54, 1.807) is 0 Å². The fourth-order valence-corrected chi connectivity index (χ4v) is 4.03. The highest BCUT2D eigenvalue weighted by Crippen LogP contribution is 2.39. The molecule has 2 rings (SSSR count). The Labute approximate surface area is 108 Å². The molecule has 17 heavy (non-hydrogen) atoms. The minimum absolute atomic E-state index is 0.475. The molecule has 0 aromatic carbocycles. The van der Waals surface area contributed by atoms with Gasteiger partial charge >= 0.3 is 0 Å². The third-order valence-corrected chi connectivity index (χ3v) is 5.02. The smallest absolute Gasteiger partial charge is 0.0103 e. The Hall–Kier alpha value is -0.0400. The van der Waals surface area contributed by atoms with Gasteiger partial charge < -0.3 is 5.32 Å². The summed E-state index contributed by atoms with van der Waals surface area (Å²) in [4.78, 5) is 0. The Morgan fingerprint density at radius 2 is 1.65 bits per heavy atom. The Kier molecular flexibility index (Phi) is 4.18. The zero-order valence-corrected chi connectivity index (χ0v) is 12.3. The quantitative estimate of drug-likeness (QED) is 0.752. The lowest BCUT2D eigenvalue weighted by Gasteiger charge is -2.42. The fourth-order valence-electron chi connectivity index (χ4n) is 4.03. The monoisotopic (exact) mass is 237 g/mol. The first-order valence-corrected chi connectivity index (χ1v) is 7.73. The van der Waals surface area contributed by atoms with Crippen LogP contribution in [-0.2, 0) is 0 Å². The molecule has 1 N–H and O–H groups in total. The summed E-state index contributed by atoms with van der Waals surface area (Å²) in [6, 6.07) is 1.61. The molecule has 0 spiro atoms. The van der Waals surface area contributed by atoms with E-state index >= 15 is 0 Å². The molecule has 0 aromatic heterocycles. The van der Waals surface area contributed by atoms with E-state index in [2.05, 4.69) is 33.0 Å². The Bertz CT molecular complexity index is 240.